The lowest BCUT2D eigenvalue weighted by Crippen LogP contribution is -2.32. The molecule has 0 bridgehead atoms. The molecule has 8 nitrogen and oxygen atoms in total. The van der Waals surface area contributed by atoms with Crippen LogP contribution >= 0.6 is 0 Å². The Hall–Kier alpha value is -4.72. The van der Waals surface area contributed by atoms with Gasteiger partial charge in [-0.25, -0.2) is 9.59 Å². The van der Waals surface area contributed by atoms with Crippen LogP contribution in [0.15, 0.2) is 103 Å². The number of anilines is 1. The Bertz CT molecular complexity index is 1240. The number of aliphatic carboxylic acids is 1. The van der Waals surface area contributed by atoms with E-state index in [1.807, 2.05) is 59.4 Å². The minimum Gasteiger partial charge on any atom is -0.492 e. The average Bonchev–Trinajstić information content (AvgIpc) is 3.43. The number of benzene rings is 3. The Balaban J connectivity index is 1.23. The predicted octanol–water partition coefficient (Wildman–Crippen LogP) is 4.75. The van der Waals surface area contributed by atoms with Crippen molar-refractivity contribution in [1.82, 2.24) is 9.88 Å². The molecule has 1 heterocycles. The molecule has 0 fully saturated rings. The minimum atomic E-state index is -1.04. The van der Waals surface area contributed by atoms with Crippen LogP contribution in [0.4, 0.5) is 10.5 Å². The molecule has 0 spiro atoms. The Kier molecular flexibility index (Phi) is 8.22. The highest BCUT2D eigenvalue weighted by molar-refractivity contribution is 5.89. The van der Waals surface area contributed by atoms with Crippen LogP contribution in [0, 0.1) is 0 Å². The number of hydrogen-bond acceptors (Lipinski definition) is 4. The van der Waals surface area contributed by atoms with Gasteiger partial charge in [0, 0.05) is 30.2 Å². The molecule has 0 aliphatic carbocycles. The first-order chi connectivity index (χ1) is 17.6. The maximum absolute atomic E-state index is 11.9. The summed E-state index contributed by atoms with van der Waals surface area (Å²) < 4.78 is 13.4. The number of carboxylic acid groups (broad SMARTS) is 1. The third-order valence-electron chi connectivity index (χ3n) is 5.33. The van der Waals surface area contributed by atoms with E-state index in [0.717, 1.165) is 11.3 Å². The quantitative estimate of drug-likeness (QED) is 0.266. The number of amides is 2. The lowest BCUT2D eigenvalue weighted by Gasteiger charge is -2.16. The normalized spacial score (nSPS) is 11.3. The molecule has 0 saturated carbocycles. The van der Waals surface area contributed by atoms with Crippen LogP contribution in [0.1, 0.15) is 5.56 Å². The van der Waals surface area contributed by atoms with Gasteiger partial charge in [0.15, 0.2) is 6.10 Å². The first kappa shape index (κ1) is 24.4. The number of carbonyl (C=O) groups excluding carboxylic acids is 1. The molecular formula is C28H27N3O5. The standard InChI is InChI=1S/C28H27N3O5/c32-27(33)26(36-25-14-10-23(11-15-25)31-17-4-5-18-31)20-21-8-12-24(13-9-21)35-19-16-29-28(34)30-22-6-2-1-3-7-22/h1-15,17-18,26H,16,19-20H2,(H,32,33)(H2,29,30,34). The van der Waals surface area contributed by atoms with Crippen molar-refractivity contribution in [1.29, 1.82) is 0 Å². The summed E-state index contributed by atoms with van der Waals surface area (Å²) in [7, 11) is 0. The molecule has 1 aromatic heterocycles. The number of aromatic nitrogens is 1. The number of nitrogens with one attached hydrogen (secondary N) is 2. The number of para-hydroxylation sites is 1. The lowest BCUT2D eigenvalue weighted by molar-refractivity contribution is -0.145. The number of carbonyl (C=O) groups is 2. The molecule has 1 atom stereocenters. The average molecular weight is 486 g/mol. The van der Waals surface area contributed by atoms with Crippen molar-refractivity contribution in [3.63, 3.8) is 0 Å². The minimum absolute atomic E-state index is 0.205. The van der Waals surface area contributed by atoms with Gasteiger partial charge in [-0.15, -0.1) is 0 Å². The molecule has 0 radical (unpaired) electrons. The van der Waals surface area contributed by atoms with E-state index in [0.29, 0.717) is 30.3 Å². The van der Waals surface area contributed by atoms with Crippen molar-refractivity contribution in [2.24, 2.45) is 0 Å². The number of urea groups is 1. The van der Waals surface area contributed by atoms with Gasteiger partial charge in [-0.1, -0.05) is 30.3 Å². The van der Waals surface area contributed by atoms with Crippen LogP contribution in [0.5, 0.6) is 11.5 Å². The summed E-state index contributed by atoms with van der Waals surface area (Å²) in [5.74, 6) is 0.0733. The molecule has 1 unspecified atom stereocenters. The number of ether oxygens (including phenoxy) is 2. The zero-order valence-electron chi connectivity index (χ0n) is 19.5. The maximum Gasteiger partial charge on any atom is 0.345 e. The smallest absolute Gasteiger partial charge is 0.345 e. The summed E-state index contributed by atoms with van der Waals surface area (Å²) in [5, 5.41) is 15.1. The van der Waals surface area contributed by atoms with Gasteiger partial charge in [0.25, 0.3) is 0 Å². The third kappa shape index (κ3) is 7.14. The summed E-state index contributed by atoms with van der Waals surface area (Å²) in [4.78, 5) is 23.7. The van der Waals surface area contributed by atoms with Crippen molar-refractivity contribution in [2.45, 2.75) is 12.5 Å². The van der Waals surface area contributed by atoms with E-state index in [-0.39, 0.29) is 12.5 Å². The van der Waals surface area contributed by atoms with Gasteiger partial charge < -0.3 is 29.8 Å². The summed E-state index contributed by atoms with van der Waals surface area (Å²) in [6, 6.07) is 27.1. The lowest BCUT2D eigenvalue weighted by atomic mass is 10.1. The fraction of sp³-hybridized carbons (Fsp3) is 0.143. The van der Waals surface area contributed by atoms with Gasteiger partial charge in [0.05, 0.1) is 6.54 Å². The number of rotatable bonds is 11. The van der Waals surface area contributed by atoms with Crippen molar-refractivity contribution in [3.8, 4) is 17.2 Å². The van der Waals surface area contributed by atoms with Crippen LogP contribution in [0.3, 0.4) is 0 Å². The maximum atomic E-state index is 11.9. The molecule has 4 rings (SSSR count). The highest BCUT2D eigenvalue weighted by Crippen LogP contribution is 2.19. The zero-order valence-corrected chi connectivity index (χ0v) is 19.5. The van der Waals surface area contributed by atoms with Crippen molar-refractivity contribution >= 4 is 17.7 Å². The fourth-order valence-electron chi connectivity index (χ4n) is 3.51. The highest BCUT2D eigenvalue weighted by Gasteiger charge is 2.20. The number of carboxylic acids is 1. The number of nitrogens with zero attached hydrogens (tertiary/aromatic N) is 1. The van der Waals surface area contributed by atoms with Gasteiger partial charge in [-0.05, 0) is 66.2 Å². The molecule has 3 N–H and O–H groups in total. The van der Waals surface area contributed by atoms with E-state index in [1.54, 1.807) is 48.5 Å². The monoisotopic (exact) mass is 485 g/mol. The Morgan fingerprint density at radius 3 is 2.17 bits per heavy atom. The molecule has 36 heavy (non-hydrogen) atoms. The molecule has 0 aliphatic rings. The summed E-state index contributed by atoms with van der Waals surface area (Å²) in [6.45, 7) is 0.625. The van der Waals surface area contributed by atoms with Gasteiger partial charge in [0.1, 0.15) is 18.1 Å². The van der Waals surface area contributed by atoms with Crippen LogP contribution in [0.25, 0.3) is 5.69 Å². The molecule has 4 aromatic rings. The van der Waals surface area contributed by atoms with E-state index >= 15 is 0 Å². The van der Waals surface area contributed by atoms with Gasteiger partial charge in [-0.3, -0.25) is 0 Å². The van der Waals surface area contributed by atoms with E-state index in [1.165, 1.54) is 0 Å². The molecule has 3 aromatic carbocycles. The summed E-state index contributed by atoms with van der Waals surface area (Å²) >= 11 is 0. The highest BCUT2D eigenvalue weighted by atomic mass is 16.5. The number of hydrogen-bond donors (Lipinski definition) is 3. The Morgan fingerprint density at radius 1 is 0.833 bits per heavy atom. The van der Waals surface area contributed by atoms with Crippen LogP contribution in [-0.4, -0.2) is 40.9 Å². The zero-order chi connectivity index (χ0) is 25.2. The summed E-state index contributed by atoms with van der Waals surface area (Å²) in [6.07, 6.45) is 3.04. The van der Waals surface area contributed by atoms with Crippen LogP contribution in [-0.2, 0) is 11.2 Å². The largest absolute Gasteiger partial charge is 0.492 e. The first-order valence-electron chi connectivity index (χ1n) is 11.5. The van der Waals surface area contributed by atoms with Crippen molar-refractivity contribution in [2.75, 3.05) is 18.5 Å². The SMILES string of the molecule is O=C(NCCOc1ccc(CC(Oc2ccc(-n3cccc3)cc2)C(=O)O)cc1)Nc1ccccc1. The molecular weight excluding hydrogens is 458 g/mol. The molecule has 184 valence electrons. The molecule has 8 heteroatoms. The molecule has 2 amide bonds. The van der Waals surface area contributed by atoms with E-state index in [2.05, 4.69) is 10.6 Å². The van der Waals surface area contributed by atoms with Gasteiger partial charge >= 0.3 is 12.0 Å². The van der Waals surface area contributed by atoms with Gasteiger partial charge in [-0.2, -0.15) is 0 Å². The van der Waals surface area contributed by atoms with Gasteiger partial charge in [0.2, 0.25) is 0 Å². The second kappa shape index (κ2) is 12.1. The molecule has 0 saturated heterocycles. The fourth-order valence-corrected chi connectivity index (χ4v) is 3.51. The molecule has 0 aliphatic heterocycles. The first-order valence-corrected chi connectivity index (χ1v) is 11.5. The van der Waals surface area contributed by atoms with Crippen LogP contribution in [0.2, 0.25) is 0 Å². The third-order valence-corrected chi connectivity index (χ3v) is 5.33. The second-order valence-electron chi connectivity index (χ2n) is 7.97. The van der Waals surface area contributed by atoms with Crippen molar-refractivity contribution in [3.05, 3.63) is 109 Å². The Labute approximate surface area is 209 Å². The van der Waals surface area contributed by atoms with E-state index in [9.17, 15) is 14.7 Å². The van der Waals surface area contributed by atoms with Crippen molar-refractivity contribution < 1.29 is 24.2 Å². The van der Waals surface area contributed by atoms with E-state index in [4.69, 9.17) is 9.47 Å². The summed E-state index contributed by atoms with van der Waals surface area (Å²) in [5.41, 5.74) is 2.48. The Morgan fingerprint density at radius 2 is 1.50 bits per heavy atom. The second-order valence-corrected chi connectivity index (χ2v) is 7.97. The van der Waals surface area contributed by atoms with Crippen LogP contribution < -0.4 is 20.1 Å². The predicted molar refractivity (Wildman–Crippen MR) is 137 cm³/mol. The topological polar surface area (TPSA) is 102 Å². The van der Waals surface area contributed by atoms with E-state index < -0.39 is 12.1 Å².